The summed E-state index contributed by atoms with van der Waals surface area (Å²) in [4.78, 5) is 14.1. The van der Waals surface area contributed by atoms with E-state index in [1.165, 1.54) is 24.8 Å². The summed E-state index contributed by atoms with van der Waals surface area (Å²) in [5, 5.41) is 1.70. The Balaban J connectivity index is 2.02. The number of hydrogen-bond donors (Lipinski definition) is 1. The Labute approximate surface area is 121 Å². The molecular weight excluding hydrogens is 250 g/mol. The van der Waals surface area contributed by atoms with Crippen LogP contribution >= 0.6 is 0 Å². The van der Waals surface area contributed by atoms with Gasteiger partial charge in [0.25, 0.3) is 0 Å². The standard InChI is InChI=1S/C16H25N3O/c1-3-5-6-8-14-9-7-10-15(12-14)18-13-17-19(11-4-2)16(18)20/h7,9-10,12,17H,3-6,8,11,13H2,1-2H3. The summed E-state index contributed by atoms with van der Waals surface area (Å²) in [6.45, 7) is 5.61. The maximum Gasteiger partial charge on any atom is 0.340 e. The van der Waals surface area contributed by atoms with Gasteiger partial charge in [0.15, 0.2) is 0 Å². The van der Waals surface area contributed by atoms with Gasteiger partial charge in [-0.3, -0.25) is 9.91 Å². The molecule has 2 amide bonds. The molecule has 0 aliphatic carbocycles. The summed E-state index contributed by atoms with van der Waals surface area (Å²) < 4.78 is 0. The molecule has 20 heavy (non-hydrogen) atoms. The second kappa shape index (κ2) is 7.29. The average Bonchev–Trinajstić information content (AvgIpc) is 2.82. The van der Waals surface area contributed by atoms with Gasteiger partial charge in [-0.15, -0.1) is 0 Å². The summed E-state index contributed by atoms with van der Waals surface area (Å²) in [5.41, 5.74) is 5.45. The van der Waals surface area contributed by atoms with Crippen LogP contribution in [0.3, 0.4) is 0 Å². The first-order chi connectivity index (χ1) is 9.76. The van der Waals surface area contributed by atoms with Crippen LogP contribution in [0.4, 0.5) is 10.5 Å². The minimum absolute atomic E-state index is 0.0533. The van der Waals surface area contributed by atoms with Gasteiger partial charge in [0.1, 0.15) is 0 Å². The molecule has 4 heteroatoms. The molecule has 2 rings (SSSR count). The van der Waals surface area contributed by atoms with Gasteiger partial charge in [-0.2, -0.15) is 0 Å². The van der Waals surface area contributed by atoms with Crippen LogP contribution < -0.4 is 10.3 Å². The molecule has 0 radical (unpaired) electrons. The third-order valence-corrected chi connectivity index (χ3v) is 3.62. The SMILES string of the molecule is CCCCCc1cccc(N2CNN(CCC)C2=O)c1. The Morgan fingerprint density at radius 1 is 1.20 bits per heavy atom. The molecule has 1 heterocycles. The molecular formula is C16H25N3O. The van der Waals surface area contributed by atoms with Crippen molar-refractivity contribution in [2.24, 2.45) is 0 Å². The molecule has 0 bridgehead atoms. The first-order valence-electron chi connectivity index (χ1n) is 7.67. The van der Waals surface area contributed by atoms with Crippen molar-refractivity contribution >= 4 is 11.7 Å². The fraction of sp³-hybridized carbons (Fsp3) is 0.562. The van der Waals surface area contributed by atoms with Crippen LogP contribution in [0.5, 0.6) is 0 Å². The van der Waals surface area contributed by atoms with Crippen LogP contribution in [0.2, 0.25) is 0 Å². The first kappa shape index (κ1) is 14.9. The van der Waals surface area contributed by atoms with E-state index in [1.807, 2.05) is 12.1 Å². The van der Waals surface area contributed by atoms with E-state index in [2.05, 4.69) is 31.4 Å². The fourth-order valence-corrected chi connectivity index (χ4v) is 2.50. The number of anilines is 1. The van der Waals surface area contributed by atoms with Crippen LogP contribution in [0.15, 0.2) is 24.3 Å². The molecule has 4 nitrogen and oxygen atoms in total. The number of amides is 2. The summed E-state index contributed by atoms with van der Waals surface area (Å²) in [6, 6.07) is 8.41. The zero-order valence-corrected chi connectivity index (χ0v) is 12.6. The molecule has 1 aliphatic rings. The number of carbonyl (C=O) groups is 1. The van der Waals surface area contributed by atoms with Crippen molar-refractivity contribution in [2.75, 3.05) is 18.1 Å². The fourth-order valence-electron chi connectivity index (χ4n) is 2.50. The number of unbranched alkanes of at least 4 members (excludes halogenated alkanes) is 2. The van der Waals surface area contributed by atoms with Gasteiger partial charge in [0.2, 0.25) is 0 Å². The van der Waals surface area contributed by atoms with Gasteiger partial charge in [-0.25, -0.2) is 10.2 Å². The zero-order valence-electron chi connectivity index (χ0n) is 12.6. The predicted octanol–water partition coefficient (Wildman–Crippen LogP) is 3.53. The van der Waals surface area contributed by atoms with Gasteiger partial charge < -0.3 is 0 Å². The molecule has 0 spiro atoms. The van der Waals surface area contributed by atoms with Gasteiger partial charge >= 0.3 is 6.03 Å². The number of benzene rings is 1. The summed E-state index contributed by atoms with van der Waals surface area (Å²) in [7, 11) is 0. The van der Waals surface area contributed by atoms with Crippen molar-refractivity contribution < 1.29 is 4.79 Å². The number of hydrazine groups is 1. The largest absolute Gasteiger partial charge is 0.340 e. The molecule has 1 aliphatic heterocycles. The average molecular weight is 275 g/mol. The highest BCUT2D eigenvalue weighted by Crippen LogP contribution is 2.21. The second-order valence-corrected chi connectivity index (χ2v) is 5.31. The monoisotopic (exact) mass is 275 g/mol. The Kier molecular flexibility index (Phi) is 5.41. The van der Waals surface area contributed by atoms with Crippen LogP contribution in [0, 0.1) is 0 Å². The van der Waals surface area contributed by atoms with Gasteiger partial charge in [0, 0.05) is 12.2 Å². The van der Waals surface area contributed by atoms with E-state index in [0.717, 1.165) is 25.1 Å². The lowest BCUT2D eigenvalue weighted by atomic mass is 10.1. The van der Waals surface area contributed by atoms with E-state index in [4.69, 9.17) is 0 Å². The lowest BCUT2D eigenvalue weighted by molar-refractivity contribution is 0.203. The summed E-state index contributed by atoms with van der Waals surface area (Å²) in [5.74, 6) is 0. The number of aryl methyl sites for hydroxylation is 1. The van der Waals surface area contributed by atoms with E-state index in [9.17, 15) is 4.79 Å². The Hall–Kier alpha value is -1.55. The van der Waals surface area contributed by atoms with E-state index in [-0.39, 0.29) is 6.03 Å². The number of nitrogens with zero attached hydrogens (tertiary/aromatic N) is 2. The third-order valence-electron chi connectivity index (χ3n) is 3.62. The molecule has 0 saturated carbocycles. The van der Waals surface area contributed by atoms with Crippen molar-refractivity contribution in [3.8, 4) is 0 Å². The molecule has 0 unspecified atom stereocenters. The summed E-state index contributed by atoms with van der Waals surface area (Å²) >= 11 is 0. The predicted molar refractivity (Wildman–Crippen MR) is 82.5 cm³/mol. The highest BCUT2D eigenvalue weighted by Gasteiger charge is 2.28. The lowest BCUT2D eigenvalue weighted by Gasteiger charge is -2.17. The molecule has 1 aromatic rings. The van der Waals surface area contributed by atoms with Gasteiger partial charge in [0.05, 0.1) is 6.67 Å². The molecule has 110 valence electrons. The maximum absolute atomic E-state index is 12.3. The van der Waals surface area contributed by atoms with Gasteiger partial charge in [-0.05, 0) is 37.0 Å². The van der Waals surface area contributed by atoms with Crippen LogP contribution in [0.25, 0.3) is 0 Å². The lowest BCUT2D eigenvalue weighted by Crippen LogP contribution is -2.35. The molecule has 0 atom stereocenters. The molecule has 1 N–H and O–H groups in total. The van der Waals surface area contributed by atoms with Gasteiger partial charge in [-0.1, -0.05) is 38.8 Å². The quantitative estimate of drug-likeness (QED) is 0.773. The van der Waals surface area contributed by atoms with E-state index in [1.54, 1.807) is 9.91 Å². The molecule has 1 fully saturated rings. The highest BCUT2D eigenvalue weighted by molar-refractivity contribution is 5.93. The van der Waals surface area contributed by atoms with Crippen LogP contribution in [-0.2, 0) is 6.42 Å². The molecule has 1 aromatic carbocycles. The van der Waals surface area contributed by atoms with Crippen molar-refractivity contribution in [1.82, 2.24) is 10.4 Å². The Bertz CT molecular complexity index is 447. The number of carbonyl (C=O) groups excluding carboxylic acids is 1. The zero-order chi connectivity index (χ0) is 14.4. The number of rotatable bonds is 7. The topological polar surface area (TPSA) is 35.6 Å². The maximum atomic E-state index is 12.3. The van der Waals surface area contributed by atoms with Crippen LogP contribution in [-0.4, -0.2) is 24.3 Å². The molecule has 0 aromatic heterocycles. The van der Waals surface area contributed by atoms with E-state index in [0.29, 0.717) is 6.67 Å². The summed E-state index contributed by atoms with van der Waals surface area (Å²) in [6.07, 6.45) is 5.77. The number of nitrogens with one attached hydrogen (secondary N) is 1. The smallest absolute Gasteiger partial charge is 0.278 e. The Morgan fingerprint density at radius 2 is 2.05 bits per heavy atom. The van der Waals surface area contributed by atoms with Crippen LogP contribution in [0.1, 0.15) is 45.1 Å². The van der Waals surface area contributed by atoms with Crippen molar-refractivity contribution in [1.29, 1.82) is 0 Å². The van der Waals surface area contributed by atoms with E-state index < -0.39 is 0 Å². The highest BCUT2D eigenvalue weighted by atomic mass is 16.2. The minimum atomic E-state index is 0.0533. The number of urea groups is 1. The third kappa shape index (κ3) is 3.51. The van der Waals surface area contributed by atoms with Crippen molar-refractivity contribution in [3.05, 3.63) is 29.8 Å². The van der Waals surface area contributed by atoms with Crippen molar-refractivity contribution in [2.45, 2.75) is 46.0 Å². The van der Waals surface area contributed by atoms with Crippen molar-refractivity contribution in [3.63, 3.8) is 0 Å². The number of hydrogen-bond acceptors (Lipinski definition) is 2. The van der Waals surface area contributed by atoms with E-state index >= 15 is 0 Å². The molecule has 1 saturated heterocycles. The first-order valence-corrected chi connectivity index (χ1v) is 7.67. The Morgan fingerprint density at radius 3 is 2.80 bits per heavy atom. The minimum Gasteiger partial charge on any atom is -0.278 e. The normalized spacial score (nSPS) is 15.2. The second-order valence-electron chi connectivity index (χ2n) is 5.31.